The molecule has 10 nitrogen and oxygen atoms in total. The Hall–Kier alpha value is -3.14. The second-order valence-electron chi connectivity index (χ2n) is 7.51. The molecule has 0 aliphatic carbocycles. The highest BCUT2D eigenvalue weighted by Gasteiger charge is 2.33. The maximum absolute atomic E-state index is 12.1. The molecule has 1 aromatic carbocycles. The lowest BCUT2D eigenvalue weighted by Crippen LogP contribution is -2.43. The van der Waals surface area contributed by atoms with Crippen molar-refractivity contribution in [3.8, 4) is 11.5 Å². The molecule has 1 heterocycles. The van der Waals surface area contributed by atoms with Crippen LogP contribution in [0.5, 0.6) is 11.5 Å². The van der Waals surface area contributed by atoms with E-state index in [1.54, 1.807) is 25.3 Å². The van der Waals surface area contributed by atoms with E-state index in [9.17, 15) is 19.2 Å². The number of ether oxygens (including phenoxy) is 2. The zero-order chi connectivity index (χ0) is 25.9. The largest absolute Gasteiger partial charge is 0.493 e. The monoisotopic (exact) mass is 480 g/mol. The van der Waals surface area contributed by atoms with Crippen molar-refractivity contribution < 1.29 is 28.7 Å². The van der Waals surface area contributed by atoms with Crippen LogP contribution in [0, 0.1) is 0 Å². The Morgan fingerprint density at radius 2 is 1.85 bits per heavy atom. The van der Waals surface area contributed by atoms with Gasteiger partial charge in [-0.15, -0.1) is 0 Å². The summed E-state index contributed by atoms with van der Waals surface area (Å²) in [5.41, 5.74) is 0.780. The number of carbonyl (C=O) groups is 4. The summed E-state index contributed by atoms with van der Waals surface area (Å²) in [5, 5.41) is 8.13. The first kappa shape index (κ1) is 30.9. The van der Waals surface area contributed by atoms with Gasteiger partial charge in [0, 0.05) is 25.7 Å². The molecule has 0 radical (unpaired) electrons. The van der Waals surface area contributed by atoms with Crippen molar-refractivity contribution in [3.63, 3.8) is 0 Å². The molecule has 1 aromatic rings. The van der Waals surface area contributed by atoms with Crippen molar-refractivity contribution >= 4 is 24.5 Å². The van der Waals surface area contributed by atoms with Gasteiger partial charge in [-0.1, -0.05) is 13.0 Å². The number of nitrogens with one attached hydrogen (secondary N) is 3. The average molecular weight is 481 g/mol. The molecule has 1 fully saturated rings. The molecule has 34 heavy (non-hydrogen) atoms. The molecule has 1 saturated heterocycles. The molecule has 0 spiro atoms. The zero-order valence-electron chi connectivity index (χ0n) is 21.2. The van der Waals surface area contributed by atoms with E-state index in [1.165, 1.54) is 18.4 Å². The number of nitrogens with zero attached hydrogens (tertiary/aromatic N) is 1. The Morgan fingerprint density at radius 1 is 1.18 bits per heavy atom. The lowest BCUT2D eigenvalue weighted by atomic mass is 10.1. The van der Waals surface area contributed by atoms with Gasteiger partial charge in [-0.2, -0.15) is 0 Å². The Balaban J connectivity index is 0.000000824. The molecule has 2 unspecified atom stereocenters. The fourth-order valence-electron chi connectivity index (χ4n) is 2.90. The summed E-state index contributed by atoms with van der Waals surface area (Å²) >= 11 is 0. The molecular weight excluding hydrogens is 440 g/mol. The highest BCUT2D eigenvalue weighted by molar-refractivity contribution is 6.38. The normalized spacial score (nSPS) is 14.9. The van der Waals surface area contributed by atoms with Crippen LogP contribution >= 0.6 is 0 Å². The van der Waals surface area contributed by atoms with Crippen LogP contribution in [-0.2, 0) is 25.7 Å². The zero-order valence-corrected chi connectivity index (χ0v) is 21.2. The van der Waals surface area contributed by atoms with E-state index in [4.69, 9.17) is 9.47 Å². The van der Waals surface area contributed by atoms with E-state index in [2.05, 4.69) is 29.8 Å². The standard InChI is InChI=1S/C16H20N2O5.C5H13N.C3H7NO/c1-22-13-6-5-11(8-14(13)23-2)9-17-16(21)15(20)12-4-3-7-18(12)10-19;1-4-5(2)6-3;1-2-4-3-5/h5-6,8,10,12H,3-4,7,9H2,1-2H3,(H,17,21);5-6H,4H2,1-3H3;3H,2H2,1H3,(H,4,5). The fraction of sp³-hybridized carbons (Fsp3) is 0.583. The minimum absolute atomic E-state index is 0.193. The number of rotatable bonds is 11. The van der Waals surface area contributed by atoms with E-state index < -0.39 is 17.7 Å². The molecule has 1 aliphatic heterocycles. The lowest BCUT2D eigenvalue weighted by molar-refractivity contribution is -0.141. The van der Waals surface area contributed by atoms with Crippen LogP contribution in [-0.4, -0.2) is 75.9 Å². The van der Waals surface area contributed by atoms with Crippen LogP contribution in [0.15, 0.2) is 18.2 Å². The van der Waals surface area contributed by atoms with Gasteiger partial charge in [-0.05, 0) is 57.9 Å². The van der Waals surface area contributed by atoms with E-state index in [0.717, 1.165) is 18.5 Å². The van der Waals surface area contributed by atoms with Crippen LogP contribution in [0.4, 0.5) is 0 Å². The third-order valence-corrected chi connectivity index (χ3v) is 5.25. The molecule has 192 valence electrons. The van der Waals surface area contributed by atoms with Gasteiger partial charge < -0.3 is 30.3 Å². The number of Topliss-reactive ketones (excluding diaryl/α,β-unsaturated/α-hetero) is 1. The van der Waals surface area contributed by atoms with Gasteiger partial charge in [0.15, 0.2) is 11.5 Å². The fourth-order valence-corrected chi connectivity index (χ4v) is 2.90. The minimum atomic E-state index is -0.682. The van der Waals surface area contributed by atoms with Crippen molar-refractivity contribution in [2.45, 2.75) is 58.7 Å². The summed E-state index contributed by atoms with van der Waals surface area (Å²) in [6, 6.07) is 5.28. The Labute approximate surface area is 202 Å². The van der Waals surface area contributed by atoms with Crippen molar-refractivity contribution in [2.24, 2.45) is 0 Å². The highest BCUT2D eigenvalue weighted by atomic mass is 16.5. The van der Waals surface area contributed by atoms with Crippen LogP contribution < -0.4 is 25.4 Å². The van der Waals surface area contributed by atoms with Gasteiger partial charge in [0.25, 0.3) is 5.91 Å². The first-order chi connectivity index (χ1) is 16.3. The summed E-state index contributed by atoms with van der Waals surface area (Å²) in [4.78, 5) is 45.6. The SMILES string of the molecule is CCC(C)NC.CCNC=O.COc1ccc(CNC(=O)C(=O)C2CCCN2C=O)cc1OC. The summed E-state index contributed by atoms with van der Waals surface area (Å²) in [7, 11) is 5.05. The maximum Gasteiger partial charge on any atom is 0.289 e. The third-order valence-electron chi connectivity index (χ3n) is 5.25. The molecule has 1 aliphatic rings. The van der Waals surface area contributed by atoms with Gasteiger partial charge in [-0.25, -0.2) is 0 Å². The first-order valence-electron chi connectivity index (χ1n) is 11.4. The second-order valence-corrected chi connectivity index (χ2v) is 7.51. The molecule has 0 saturated carbocycles. The summed E-state index contributed by atoms with van der Waals surface area (Å²) in [6.07, 6.45) is 3.78. The molecule has 3 amide bonds. The Bertz CT molecular complexity index is 755. The highest BCUT2D eigenvalue weighted by Crippen LogP contribution is 2.27. The molecule has 0 aromatic heterocycles. The van der Waals surface area contributed by atoms with E-state index in [-0.39, 0.29) is 6.54 Å². The quantitative estimate of drug-likeness (QED) is 0.322. The van der Waals surface area contributed by atoms with E-state index in [0.29, 0.717) is 43.3 Å². The predicted octanol–water partition coefficient (Wildman–Crippen LogP) is 1.27. The van der Waals surface area contributed by atoms with Crippen LogP contribution in [0.3, 0.4) is 0 Å². The van der Waals surface area contributed by atoms with Crippen molar-refractivity contribution in [3.05, 3.63) is 23.8 Å². The van der Waals surface area contributed by atoms with Crippen LogP contribution in [0.25, 0.3) is 0 Å². The number of ketones is 1. The molecule has 3 N–H and O–H groups in total. The second kappa shape index (κ2) is 18.3. The molecule has 10 heteroatoms. The minimum Gasteiger partial charge on any atom is -0.493 e. The predicted molar refractivity (Wildman–Crippen MR) is 131 cm³/mol. The number of hydrogen-bond donors (Lipinski definition) is 3. The lowest BCUT2D eigenvalue weighted by Gasteiger charge is -2.18. The summed E-state index contributed by atoms with van der Waals surface area (Å²) < 4.78 is 10.3. The van der Waals surface area contributed by atoms with Crippen molar-refractivity contribution in [1.29, 1.82) is 0 Å². The Kier molecular flexibility index (Phi) is 16.6. The van der Waals surface area contributed by atoms with Gasteiger partial charge in [0.05, 0.1) is 20.3 Å². The maximum atomic E-state index is 12.1. The van der Waals surface area contributed by atoms with Gasteiger partial charge in [-0.3, -0.25) is 19.2 Å². The summed E-state index contributed by atoms with van der Waals surface area (Å²) in [5.74, 6) is -0.117. The molecule has 0 bridgehead atoms. The first-order valence-corrected chi connectivity index (χ1v) is 11.4. The van der Waals surface area contributed by atoms with Crippen molar-refractivity contribution in [2.75, 3.05) is 34.4 Å². The molecule has 2 rings (SSSR count). The topological polar surface area (TPSA) is 126 Å². The van der Waals surface area contributed by atoms with Crippen LogP contribution in [0.2, 0.25) is 0 Å². The van der Waals surface area contributed by atoms with E-state index >= 15 is 0 Å². The van der Waals surface area contributed by atoms with Crippen LogP contribution in [0.1, 0.15) is 45.6 Å². The number of amides is 3. The number of methoxy groups -OCH3 is 2. The number of hydrogen-bond acceptors (Lipinski definition) is 7. The van der Waals surface area contributed by atoms with E-state index in [1.807, 2.05) is 14.0 Å². The summed E-state index contributed by atoms with van der Waals surface area (Å²) in [6.45, 7) is 7.64. The number of likely N-dealkylation sites (tertiary alicyclic amines) is 1. The number of carbonyl (C=O) groups excluding carboxylic acids is 4. The third kappa shape index (κ3) is 11.1. The number of benzene rings is 1. The van der Waals surface area contributed by atoms with Gasteiger partial charge in [0.2, 0.25) is 18.6 Å². The molecular formula is C24H40N4O6. The van der Waals surface area contributed by atoms with Crippen molar-refractivity contribution in [1.82, 2.24) is 20.9 Å². The van der Waals surface area contributed by atoms with Gasteiger partial charge in [0.1, 0.15) is 0 Å². The van der Waals surface area contributed by atoms with Gasteiger partial charge >= 0.3 is 0 Å². The smallest absolute Gasteiger partial charge is 0.289 e. The molecule has 2 atom stereocenters. The average Bonchev–Trinajstić information content (AvgIpc) is 3.36. The Morgan fingerprint density at radius 3 is 2.29 bits per heavy atom.